The molecule has 5 aromatic rings. The molecule has 174 valence electrons. The van der Waals surface area contributed by atoms with Gasteiger partial charge in [-0.25, -0.2) is 9.82 Å². The van der Waals surface area contributed by atoms with Crippen LogP contribution in [0, 0.1) is 5.82 Å². The summed E-state index contributed by atoms with van der Waals surface area (Å²) in [6.07, 6.45) is 1.53. The van der Waals surface area contributed by atoms with Crippen LogP contribution in [0.15, 0.2) is 90.0 Å². The molecule has 0 radical (unpaired) electrons. The van der Waals surface area contributed by atoms with Gasteiger partial charge in [-0.1, -0.05) is 48.5 Å². The molecule has 5 rings (SSSR count). The van der Waals surface area contributed by atoms with E-state index < -0.39 is 5.82 Å². The first-order valence-electron chi connectivity index (χ1n) is 11.0. The van der Waals surface area contributed by atoms with Gasteiger partial charge in [-0.05, 0) is 47.3 Å². The maximum absolute atomic E-state index is 13.9. The molecule has 4 aromatic carbocycles. The van der Waals surface area contributed by atoms with Crippen LogP contribution in [0.2, 0.25) is 0 Å². The zero-order valence-electron chi connectivity index (χ0n) is 18.9. The van der Waals surface area contributed by atoms with Crippen LogP contribution in [-0.2, 0) is 6.61 Å². The van der Waals surface area contributed by atoms with E-state index in [0.29, 0.717) is 17.0 Å². The highest BCUT2D eigenvalue weighted by atomic mass is 19.1. The number of benzene rings is 4. The lowest BCUT2D eigenvalue weighted by molar-refractivity contribution is 0.0951. The molecule has 1 aromatic heterocycles. The Bertz CT molecular complexity index is 1560. The second-order valence-corrected chi connectivity index (χ2v) is 7.92. The van der Waals surface area contributed by atoms with Crippen LogP contribution in [0.3, 0.4) is 0 Å². The lowest BCUT2D eigenvalue weighted by atomic mass is 10.1. The quantitative estimate of drug-likeness (QED) is 0.234. The molecule has 0 aliphatic carbocycles. The van der Waals surface area contributed by atoms with Crippen LogP contribution < -0.4 is 14.9 Å². The Kier molecular flexibility index (Phi) is 6.13. The van der Waals surface area contributed by atoms with E-state index in [1.54, 1.807) is 43.5 Å². The third-order valence-corrected chi connectivity index (χ3v) is 5.67. The number of hydrogen-bond acceptors (Lipinski definition) is 4. The molecule has 1 amide bonds. The Morgan fingerprint density at radius 3 is 2.63 bits per heavy atom. The molecule has 0 unspecified atom stereocenters. The molecular formula is C28H22FN3O3. The van der Waals surface area contributed by atoms with E-state index in [1.807, 2.05) is 42.5 Å². The number of ether oxygens (including phenoxy) is 2. The van der Waals surface area contributed by atoms with Crippen molar-refractivity contribution in [2.24, 2.45) is 5.10 Å². The summed E-state index contributed by atoms with van der Waals surface area (Å²) in [4.78, 5) is 15.9. The second-order valence-electron chi connectivity index (χ2n) is 7.92. The maximum Gasteiger partial charge on any atom is 0.287 e. The first-order chi connectivity index (χ1) is 17.1. The van der Waals surface area contributed by atoms with E-state index in [1.165, 1.54) is 12.3 Å². The Balaban J connectivity index is 1.30. The van der Waals surface area contributed by atoms with E-state index in [2.05, 4.69) is 15.5 Å². The zero-order valence-corrected chi connectivity index (χ0v) is 18.9. The van der Waals surface area contributed by atoms with E-state index in [-0.39, 0.29) is 18.3 Å². The molecule has 2 N–H and O–H groups in total. The number of rotatable bonds is 7. The van der Waals surface area contributed by atoms with Gasteiger partial charge in [0.2, 0.25) is 0 Å². The van der Waals surface area contributed by atoms with Gasteiger partial charge in [0.1, 0.15) is 18.1 Å². The number of aromatic amines is 1. The van der Waals surface area contributed by atoms with Crippen molar-refractivity contribution in [3.63, 3.8) is 0 Å². The van der Waals surface area contributed by atoms with Crippen molar-refractivity contribution < 1.29 is 18.7 Å². The number of H-pyrrole nitrogens is 1. The summed E-state index contributed by atoms with van der Waals surface area (Å²) in [5.74, 6) is -0.0187. The van der Waals surface area contributed by atoms with Gasteiger partial charge < -0.3 is 14.5 Å². The van der Waals surface area contributed by atoms with E-state index in [9.17, 15) is 9.18 Å². The maximum atomic E-state index is 13.9. The third-order valence-electron chi connectivity index (χ3n) is 5.67. The largest absolute Gasteiger partial charge is 0.496 e. The molecule has 1 heterocycles. The number of carbonyl (C=O) groups excluding carboxylic acids is 1. The number of hydrazone groups is 1. The number of para-hydroxylation sites is 1. The van der Waals surface area contributed by atoms with Gasteiger partial charge in [0.15, 0.2) is 11.6 Å². The molecule has 0 atom stereocenters. The van der Waals surface area contributed by atoms with Gasteiger partial charge >= 0.3 is 0 Å². The van der Waals surface area contributed by atoms with Gasteiger partial charge in [-0.2, -0.15) is 5.10 Å². The Labute approximate surface area is 201 Å². The summed E-state index contributed by atoms with van der Waals surface area (Å²) in [7, 11) is 1.56. The van der Waals surface area contributed by atoms with Gasteiger partial charge in [0.25, 0.3) is 5.91 Å². The minimum atomic E-state index is -0.433. The molecule has 0 saturated carbocycles. The molecular weight excluding hydrogens is 445 g/mol. The number of nitrogens with zero attached hydrogens (tertiary/aromatic N) is 1. The highest BCUT2D eigenvalue weighted by molar-refractivity contribution is 6.08. The normalized spacial score (nSPS) is 11.3. The molecule has 35 heavy (non-hydrogen) atoms. The lowest BCUT2D eigenvalue weighted by Gasteiger charge is -2.11. The van der Waals surface area contributed by atoms with Gasteiger partial charge in [-0.15, -0.1) is 0 Å². The summed E-state index contributed by atoms with van der Waals surface area (Å²) in [6.45, 7) is 0.112. The van der Waals surface area contributed by atoms with Gasteiger partial charge in [0, 0.05) is 16.3 Å². The predicted molar refractivity (Wildman–Crippen MR) is 135 cm³/mol. The van der Waals surface area contributed by atoms with Crippen molar-refractivity contribution >= 4 is 33.8 Å². The fraction of sp³-hybridized carbons (Fsp3) is 0.0714. The SMILES string of the molecule is COc1ccc(C=NNC(=O)c2cc3ccc4ccccc4c3[nH]2)cc1COc1ccccc1F. The Morgan fingerprint density at radius 2 is 1.77 bits per heavy atom. The number of methoxy groups -OCH3 is 1. The van der Waals surface area contributed by atoms with Crippen LogP contribution >= 0.6 is 0 Å². The molecule has 6 nitrogen and oxygen atoms in total. The first-order valence-corrected chi connectivity index (χ1v) is 11.0. The Hall–Kier alpha value is -4.65. The van der Waals surface area contributed by atoms with Crippen LogP contribution in [0.5, 0.6) is 11.5 Å². The van der Waals surface area contributed by atoms with Crippen molar-refractivity contribution in [3.8, 4) is 11.5 Å². The van der Waals surface area contributed by atoms with Crippen LogP contribution in [-0.4, -0.2) is 24.2 Å². The van der Waals surface area contributed by atoms with Crippen LogP contribution in [0.4, 0.5) is 4.39 Å². The number of nitrogens with one attached hydrogen (secondary N) is 2. The first kappa shape index (κ1) is 22.2. The monoisotopic (exact) mass is 467 g/mol. The summed E-state index contributed by atoms with van der Waals surface area (Å²) < 4.78 is 24.9. The molecule has 0 fully saturated rings. The standard InChI is InChI=1S/C28H22FN3O3/c1-34-25-13-10-18(14-21(25)17-35-26-9-5-4-8-23(26)29)16-30-32-28(33)24-15-20-12-11-19-6-2-3-7-22(19)27(20)31-24/h2-16,31H,17H2,1H3,(H,32,33). The van der Waals surface area contributed by atoms with Crippen LogP contribution in [0.1, 0.15) is 21.6 Å². The van der Waals surface area contributed by atoms with E-state index >= 15 is 0 Å². The zero-order chi connectivity index (χ0) is 24.2. The van der Waals surface area contributed by atoms with Gasteiger partial charge in [0.05, 0.1) is 18.8 Å². The van der Waals surface area contributed by atoms with Gasteiger partial charge in [-0.3, -0.25) is 4.79 Å². The molecule has 0 saturated heterocycles. The molecule has 7 heteroatoms. The van der Waals surface area contributed by atoms with Crippen molar-refractivity contribution in [1.82, 2.24) is 10.4 Å². The van der Waals surface area contributed by atoms with E-state index in [4.69, 9.17) is 9.47 Å². The summed E-state index contributed by atoms with van der Waals surface area (Å²) in [5, 5.41) is 7.19. The number of halogens is 1. The van der Waals surface area contributed by atoms with E-state index in [0.717, 1.165) is 27.2 Å². The van der Waals surface area contributed by atoms with Crippen molar-refractivity contribution in [3.05, 3.63) is 108 Å². The number of amides is 1. The minimum Gasteiger partial charge on any atom is -0.496 e. The number of hydrogen-bond donors (Lipinski definition) is 2. The second kappa shape index (κ2) is 9.69. The van der Waals surface area contributed by atoms with Crippen LogP contribution in [0.25, 0.3) is 21.7 Å². The third kappa shape index (κ3) is 4.70. The van der Waals surface area contributed by atoms with Crippen molar-refractivity contribution in [2.75, 3.05) is 7.11 Å². The average molecular weight is 468 g/mol. The number of carbonyl (C=O) groups is 1. The summed E-state index contributed by atoms with van der Waals surface area (Å²) in [6, 6.07) is 25.4. The number of fused-ring (bicyclic) bond motifs is 3. The minimum absolute atomic E-state index is 0.112. The molecule has 0 aliphatic heterocycles. The summed E-state index contributed by atoms with van der Waals surface area (Å²) >= 11 is 0. The van der Waals surface area contributed by atoms with Crippen molar-refractivity contribution in [1.29, 1.82) is 0 Å². The molecule has 0 spiro atoms. The summed E-state index contributed by atoms with van der Waals surface area (Å²) in [5.41, 5.74) is 5.32. The molecule has 0 bridgehead atoms. The average Bonchev–Trinajstić information content (AvgIpc) is 3.33. The predicted octanol–water partition coefficient (Wildman–Crippen LogP) is 5.81. The Morgan fingerprint density at radius 1 is 0.971 bits per heavy atom. The lowest BCUT2D eigenvalue weighted by Crippen LogP contribution is -2.17. The van der Waals surface area contributed by atoms with Crippen molar-refractivity contribution in [2.45, 2.75) is 6.61 Å². The smallest absolute Gasteiger partial charge is 0.287 e. The fourth-order valence-electron chi connectivity index (χ4n) is 3.93. The highest BCUT2D eigenvalue weighted by Crippen LogP contribution is 2.26. The fourth-order valence-corrected chi connectivity index (χ4v) is 3.93. The molecule has 0 aliphatic rings. The topological polar surface area (TPSA) is 75.7 Å². The highest BCUT2D eigenvalue weighted by Gasteiger charge is 2.11. The number of aromatic nitrogens is 1.